The smallest absolute Gasteiger partial charge is 0.152 e. The highest BCUT2D eigenvalue weighted by Crippen LogP contribution is 2.10. The van der Waals surface area contributed by atoms with E-state index < -0.39 is 0 Å². The molecule has 5 nitrogen and oxygen atoms in total. The summed E-state index contributed by atoms with van der Waals surface area (Å²) in [6, 6.07) is 0.200. The van der Waals surface area contributed by atoms with Gasteiger partial charge < -0.3 is 14.6 Å². The van der Waals surface area contributed by atoms with Crippen molar-refractivity contribution in [2.75, 3.05) is 19.8 Å². The minimum atomic E-state index is 0. The molecule has 0 bridgehead atoms. The van der Waals surface area contributed by atoms with Gasteiger partial charge in [0.05, 0.1) is 19.3 Å². The molecule has 1 saturated heterocycles. The number of aryl methyl sites for hydroxylation is 1. The molecule has 0 aliphatic carbocycles. The predicted octanol–water partition coefficient (Wildman–Crippen LogP) is 0.320. The van der Waals surface area contributed by atoms with Crippen molar-refractivity contribution in [3.05, 3.63) is 12.2 Å². The fraction of sp³-hybridized carbons (Fsp3) is 0.714. The van der Waals surface area contributed by atoms with Crippen molar-refractivity contribution in [1.82, 2.24) is 20.1 Å². The molecule has 1 aromatic heterocycles. The van der Waals surface area contributed by atoms with E-state index in [1.54, 1.807) is 6.33 Å². The number of morpholine rings is 1. The lowest BCUT2D eigenvalue weighted by Crippen LogP contribution is -2.36. The number of rotatable bonds is 1. The average Bonchev–Trinajstić information content (AvgIpc) is 2.53. The zero-order chi connectivity index (χ0) is 8.39. The van der Waals surface area contributed by atoms with E-state index in [1.807, 2.05) is 11.6 Å². The van der Waals surface area contributed by atoms with E-state index >= 15 is 0 Å². The Morgan fingerprint density at radius 1 is 1.57 bits per heavy atom. The van der Waals surface area contributed by atoms with Gasteiger partial charge in [0, 0.05) is 13.6 Å². The van der Waals surface area contributed by atoms with Crippen molar-refractivity contribution in [1.29, 1.82) is 0 Å². The topological polar surface area (TPSA) is 52.0 Å². The second kappa shape index (κ2) is 6.19. The van der Waals surface area contributed by atoms with E-state index in [9.17, 15) is 0 Å². The molecule has 0 aromatic carbocycles. The normalized spacial score (nSPS) is 20.8. The number of nitrogens with zero attached hydrogens (tertiary/aromatic N) is 3. The number of halogens is 2. The second-order valence-electron chi connectivity index (χ2n) is 2.88. The van der Waals surface area contributed by atoms with Crippen LogP contribution < -0.4 is 5.32 Å². The molecule has 0 spiro atoms. The molecule has 1 unspecified atom stereocenters. The maximum atomic E-state index is 5.32. The number of nitrogens with one attached hydrogen (secondary N) is 1. The molecule has 0 amide bonds. The number of hydrogen-bond acceptors (Lipinski definition) is 4. The molecule has 1 aliphatic heterocycles. The maximum Gasteiger partial charge on any atom is 0.152 e. The van der Waals surface area contributed by atoms with Crippen molar-refractivity contribution < 1.29 is 4.74 Å². The lowest BCUT2D eigenvalue weighted by molar-refractivity contribution is 0.0732. The van der Waals surface area contributed by atoms with E-state index in [1.165, 1.54) is 0 Å². The molecule has 7 heteroatoms. The van der Waals surface area contributed by atoms with Crippen molar-refractivity contribution >= 4 is 24.8 Å². The summed E-state index contributed by atoms with van der Waals surface area (Å²) in [4.78, 5) is 0. The Hall–Kier alpha value is -0.360. The van der Waals surface area contributed by atoms with E-state index in [2.05, 4.69) is 15.5 Å². The van der Waals surface area contributed by atoms with Crippen LogP contribution in [0.4, 0.5) is 0 Å². The van der Waals surface area contributed by atoms with Gasteiger partial charge in [0.15, 0.2) is 5.82 Å². The van der Waals surface area contributed by atoms with Gasteiger partial charge in [0.1, 0.15) is 6.33 Å². The van der Waals surface area contributed by atoms with Crippen LogP contribution in [0.1, 0.15) is 11.9 Å². The summed E-state index contributed by atoms with van der Waals surface area (Å²) in [5.74, 6) is 0.940. The molecule has 1 aromatic rings. The van der Waals surface area contributed by atoms with Crippen LogP contribution in [-0.2, 0) is 11.8 Å². The van der Waals surface area contributed by atoms with Crippen LogP contribution in [0.2, 0.25) is 0 Å². The van der Waals surface area contributed by atoms with Gasteiger partial charge >= 0.3 is 0 Å². The minimum Gasteiger partial charge on any atom is -0.378 e. The summed E-state index contributed by atoms with van der Waals surface area (Å²) in [6.45, 7) is 2.36. The van der Waals surface area contributed by atoms with Crippen molar-refractivity contribution in [2.24, 2.45) is 7.05 Å². The minimum absolute atomic E-state index is 0. The van der Waals surface area contributed by atoms with Gasteiger partial charge in [-0.15, -0.1) is 35.0 Å². The zero-order valence-corrected chi connectivity index (χ0v) is 9.48. The molecule has 1 aliphatic rings. The van der Waals surface area contributed by atoms with Gasteiger partial charge in [-0.2, -0.15) is 0 Å². The lowest BCUT2D eigenvalue weighted by atomic mass is 10.2. The first-order valence-corrected chi connectivity index (χ1v) is 4.03. The monoisotopic (exact) mass is 240 g/mol. The highest BCUT2D eigenvalue weighted by Gasteiger charge is 2.18. The summed E-state index contributed by atoms with van der Waals surface area (Å²) in [5.41, 5.74) is 0. The third-order valence-corrected chi connectivity index (χ3v) is 1.98. The quantitative estimate of drug-likeness (QED) is 0.769. The van der Waals surface area contributed by atoms with E-state index in [0.29, 0.717) is 6.61 Å². The summed E-state index contributed by atoms with van der Waals surface area (Å²) in [7, 11) is 1.94. The van der Waals surface area contributed by atoms with Crippen molar-refractivity contribution in [3.8, 4) is 0 Å². The Morgan fingerprint density at radius 2 is 2.36 bits per heavy atom. The fourth-order valence-corrected chi connectivity index (χ4v) is 1.34. The van der Waals surface area contributed by atoms with Gasteiger partial charge in [-0.05, 0) is 0 Å². The van der Waals surface area contributed by atoms with Gasteiger partial charge in [0.25, 0.3) is 0 Å². The average molecular weight is 241 g/mol. The van der Waals surface area contributed by atoms with E-state index in [4.69, 9.17) is 4.74 Å². The molecule has 2 rings (SSSR count). The van der Waals surface area contributed by atoms with Gasteiger partial charge in [-0.3, -0.25) is 0 Å². The molecule has 82 valence electrons. The van der Waals surface area contributed by atoms with Crippen molar-refractivity contribution in [2.45, 2.75) is 6.04 Å². The SMILES string of the molecule is Cl.Cl.Cn1cnnc1C1COCCN1. The molecule has 14 heavy (non-hydrogen) atoms. The number of hydrogen-bond donors (Lipinski definition) is 1. The van der Waals surface area contributed by atoms with E-state index in [-0.39, 0.29) is 30.9 Å². The second-order valence-corrected chi connectivity index (χ2v) is 2.88. The Labute approximate surface area is 95.0 Å². The molecule has 2 heterocycles. The first kappa shape index (κ1) is 13.6. The maximum absolute atomic E-state index is 5.32. The van der Waals surface area contributed by atoms with Crippen LogP contribution in [0.25, 0.3) is 0 Å². The number of aromatic nitrogens is 3. The number of ether oxygens (including phenoxy) is 1. The molecule has 0 radical (unpaired) electrons. The predicted molar refractivity (Wildman–Crippen MR) is 57.1 cm³/mol. The molecule has 1 atom stereocenters. The zero-order valence-electron chi connectivity index (χ0n) is 7.84. The van der Waals surface area contributed by atoms with Crippen molar-refractivity contribution in [3.63, 3.8) is 0 Å². The Morgan fingerprint density at radius 3 is 2.86 bits per heavy atom. The summed E-state index contributed by atoms with van der Waals surface area (Å²) >= 11 is 0. The highest BCUT2D eigenvalue weighted by molar-refractivity contribution is 5.85. The van der Waals surface area contributed by atoms with Gasteiger partial charge in [0.2, 0.25) is 0 Å². The van der Waals surface area contributed by atoms with Gasteiger partial charge in [-0.1, -0.05) is 0 Å². The van der Waals surface area contributed by atoms with Gasteiger partial charge in [-0.25, -0.2) is 0 Å². The van der Waals surface area contributed by atoms with Crippen LogP contribution in [0.3, 0.4) is 0 Å². The summed E-state index contributed by atoms with van der Waals surface area (Å²) in [5, 5.41) is 11.1. The van der Waals surface area contributed by atoms with Crippen LogP contribution >= 0.6 is 24.8 Å². The van der Waals surface area contributed by atoms with Crippen LogP contribution in [0.15, 0.2) is 6.33 Å². The molecule has 1 N–H and O–H groups in total. The molecular weight excluding hydrogens is 227 g/mol. The highest BCUT2D eigenvalue weighted by atomic mass is 35.5. The largest absolute Gasteiger partial charge is 0.378 e. The Bertz CT molecular complexity index is 262. The standard InChI is InChI=1S/C7H12N4O.2ClH/c1-11-5-9-10-7(11)6-4-12-3-2-8-6;;/h5-6,8H,2-4H2,1H3;2*1H. The van der Waals surface area contributed by atoms with Crippen LogP contribution in [-0.4, -0.2) is 34.5 Å². The lowest BCUT2D eigenvalue weighted by Gasteiger charge is -2.22. The van der Waals surface area contributed by atoms with Crippen LogP contribution in [0.5, 0.6) is 0 Å². The van der Waals surface area contributed by atoms with Crippen LogP contribution in [0, 0.1) is 0 Å². The summed E-state index contributed by atoms with van der Waals surface area (Å²) < 4.78 is 7.23. The molecular formula is C7H14Cl2N4O. The Kier molecular flexibility index (Phi) is 6.03. The third-order valence-electron chi connectivity index (χ3n) is 1.98. The summed E-state index contributed by atoms with van der Waals surface area (Å²) in [6.07, 6.45) is 1.70. The first-order chi connectivity index (χ1) is 5.88. The fourth-order valence-electron chi connectivity index (χ4n) is 1.34. The molecule has 1 fully saturated rings. The third kappa shape index (κ3) is 2.81. The Balaban J connectivity index is 0.000000845. The molecule has 0 saturated carbocycles. The van der Waals surface area contributed by atoms with E-state index in [0.717, 1.165) is 19.0 Å². The first-order valence-electron chi connectivity index (χ1n) is 4.03.